The van der Waals surface area contributed by atoms with Gasteiger partial charge < -0.3 is 14.7 Å². The molecule has 1 amide bonds. The molecule has 0 aliphatic carbocycles. The number of anilines is 2. The molecule has 1 atom stereocenters. The monoisotopic (exact) mass is 343 g/mol. The molecule has 4 fully saturated rings. The van der Waals surface area contributed by atoms with E-state index in [0.717, 1.165) is 62.5 Å². The summed E-state index contributed by atoms with van der Waals surface area (Å²) in [4.78, 5) is 17.8. The summed E-state index contributed by atoms with van der Waals surface area (Å²) in [5.74, 6) is 0.168. The van der Waals surface area contributed by atoms with Crippen LogP contribution in [0.15, 0.2) is 24.3 Å². The van der Waals surface area contributed by atoms with Crippen molar-refractivity contribution in [1.82, 2.24) is 4.90 Å². The molecule has 4 saturated heterocycles. The van der Waals surface area contributed by atoms with Gasteiger partial charge in [-0.3, -0.25) is 9.69 Å². The quantitative estimate of drug-likeness (QED) is 0.851. The maximum atomic E-state index is 12.8. The molecule has 5 rings (SSSR count). The van der Waals surface area contributed by atoms with Gasteiger partial charge in [0.2, 0.25) is 0 Å². The molecule has 1 N–H and O–H groups in total. The Hall–Kier alpha value is -1.59. The van der Waals surface area contributed by atoms with Crippen LogP contribution >= 0.6 is 0 Å². The first-order valence-corrected chi connectivity index (χ1v) is 9.90. The van der Waals surface area contributed by atoms with Crippen LogP contribution < -0.4 is 10.2 Å². The molecule has 0 spiro atoms. The van der Waals surface area contributed by atoms with Crippen molar-refractivity contribution in [3.63, 3.8) is 0 Å². The number of carbonyl (C=O) groups is 1. The highest BCUT2D eigenvalue weighted by atomic mass is 16.2. The molecule has 136 valence electrons. The van der Waals surface area contributed by atoms with Crippen molar-refractivity contribution in [2.45, 2.75) is 32.2 Å². The van der Waals surface area contributed by atoms with Gasteiger partial charge in [0, 0.05) is 44.1 Å². The van der Waals surface area contributed by atoms with Crippen LogP contribution in [0.5, 0.6) is 0 Å². The second-order valence-electron chi connectivity index (χ2n) is 7.99. The number of piperidine rings is 1. The van der Waals surface area contributed by atoms with E-state index in [1.165, 1.54) is 24.9 Å². The van der Waals surface area contributed by atoms with Crippen LogP contribution in [0.3, 0.4) is 0 Å². The fourth-order valence-corrected chi connectivity index (χ4v) is 4.68. The van der Waals surface area contributed by atoms with Gasteiger partial charge in [-0.05, 0) is 50.5 Å². The standard InChI is InChI=1S/C20H30N4O/c1-17(24-14-11-22(12-15-24)13-16-24)20(25)21-18-5-7-19(8-6-18)23-9-3-2-4-10-23/h5-8,17H,2-4,9-16H2,1H3/p+1/t17-/m1/s1. The molecule has 25 heavy (non-hydrogen) atoms. The van der Waals surface area contributed by atoms with Gasteiger partial charge >= 0.3 is 0 Å². The maximum Gasteiger partial charge on any atom is 0.282 e. The van der Waals surface area contributed by atoms with Crippen LogP contribution in [-0.4, -0.2) is 73.7 Å². The SMILES string of the molecule is C[C@H](C(=O)Nc1ccc(N2CCCCC2)cc1)[N+]12CCN(CC1)CC2. The lowest BCUT2D eigenvalue weighted by Gasteiger charge is -2.52. The number of carbonyl (C=O) groups excluding carboxylic acids is 1. The lowest BCUT2D eigenvalue weighted by molar-refractivity contribution is -0.953. The molecule has 4 heterocycles. The van der Waals surface area contributed by atoms with E-state index in [1.807, 2.05) is 0 Å². The average Bonchev–Trinajstić information content (AvgIpc) is 2.70. The van der Waals surface area contributed by atoms with Crippen LogP contribution in [0, 0.1) is 0 Å². The van der Waals surface area contributed by atoms with Crippen LogP contribution in [0.25, 0.3) is 0 Å². The van der Waals surface area contributed by atoms with E-state index in [4.69, 9.17) is 0 Å². The summed E-state index contributed by atoms with van der Waals surface area (Å²) in [6.07, 6.45) is 3.92. The van der Waals surface area contributed by atoms with Crippen LogP contribution in [0.4, 0.5) is 11.4 Å². The third-order valence-corrected chi connectivity index (χ3v) is 6.64. The van der Waals surface area contributed by atoms with Gasteiger partial charge in [0.05, 0.1) is 19.6 Å². The Labute approximate surface area is 151 Å². The molecule has 2 bridgehead atoms. The van der Waals surface area contributed by atoms with E-state index in [2.05, 4.69) is 46.3 Å². The van der Waals surface area contributed by atoms with Crippen LogP contribution in [0.2, 0.25) is 0 Å². The van der Waals surface area contributed by atoms with Crippen molar-refractivity contribution in [2.75, 3.05) is 62.6 Å². The summed E-state index contributed by atoms with van der Waals surface area (Å²) in [5.41, 5.74) is 2.20. The Morgan fingerprint density at radius 1 is 0.960 bits per heavy atom. The number of fused-ring (bicyclic) bond motifs is 3. The topological polar surface area (TPSA) is 35.6 Å². The summed E-state index contributed by atoms with van der Waals surface area (Å²) in [6, 6.07) is 8.45. The number of hydrogen-bond donors (Lipinski definition) is 1. The molecule has 0 aromatic heterocycles. The molecule has 4 aliphatic rings. The minimum atomic E-state index is 0.0317. The zero-order valence-corrected chi connectivity index (χ0v) is 15.4. The van der Waals surface area contributed by atoms with E-state index in [9.17, 15) is 4.79 Å². The fourth-order valence-electron chi connectivity index (χ4n) is 4.68. The number of nitrogens with zero attached hydrogens (tertiary/aromatic N) is 3. The first-order chi connectivity index (χ1) is 12.2. The Balaban J connectivity index is 1.38. The lowest BCUT2D eigenvalue weighted by atomic mass is 10.1. The number of nitrogens with one attached hydrogen (secondary N) is 1. The average molecular weight is 343 g/mol. The molecule has 5 nitrogen and oxygen atoms in total. The zero-order valence-electron chi connectivity index (χ0n) is 15.4. The second kappa shape index (κ2) is 6.96. The van der Waals surface area contributed by atoms with Crippen molar-refractivity contribution in [3.8, 4) is 0 Å². The normalized spacial score (nSPS) is 30.1. The highest BCUT2D eigenvalue weighted by Gasteiger charge is 2.45. The predicted molar refractivity (Wildman–Crippen MR) is 102 cm³/mol. The summed E-state index contributed by atoms with van der Waals surface area (Å²) in [6.45, 7) is 11.2. The van der Waals surface area contributed by atoms with Gasteiger partial charge in [0.15, 0.2) is 6.04 Å². The molecule has 0 radical (unpaired) electrons. The fraction of sp³-hybridized carbons (Fsp3) is 0.650. The van der Waals surface area contributed by atoms with Gasteiger partial charge in [-0.25, -0.2) is 0 Å². The Morgan fingerprint density at radius 2 is 1.56 bits per heavy atom. The molecule has 0 unspecified atom stereocenters. The number of amides is 1. The number of hydrogen-bond acceptors (Lipinski definition) is 3. The van der Waals surface area contributed by atoms with Gasteiger partial charge in [-0.15, -0.1) is 0 Å². The third-order valence-electron chi connectivity index (χ3n) is 6.64. The highest BCUT2D eigenvalue weighted by Crippen LogP contribution is 2.25. The number of piperazine rings is 3. The first kappa shape index (κ1) is 16.9. The minimum Gasteiger partial charge on any atom is -0.372 e. The molecule has 1 aromatic carbocycles. The smallest absolute Gasteiger partial charge is 0.282 e. The van der Waals surface area contributed by atoms with Crippen LogP contribution in [0.1, 0.15) is 26.2 Å². The predicted octanol–water partition coefficient (Wildman–Crippen LogP) is 2.15. The van der Waals surface area contributed by atoms with Crippen molar-refractivity contribution < 1.29 is 9.28 Å². The number of benzene rings is 1. The maximum absolute atomic E-state index is 12.8. The lowest BCUT2D eigenvalue weighted by Crippen LogP contribution is -2.72. The number of quaternary nitrogens is 1. The Kier molecular flexibility index (Phi) is 4.69. The van der Waals surface area contributed by atoms with E-state index in [0.29, 0.717) is 0 Å². The molecule has 5 heteroatoms. The summed E-state index contributed by atoms with van der Waals surface area (Å²) >= 11 is 0. The zero-order chi connectivity index (χ0) is 17.3. The van der Waals surface area contributed by atoms with E-state index >= 15 is 0 Å². The second-order valence-corrected chi connectivity index (χ2v) is 7.99. The van der Waals surface area contributed by atoms with Crippen molar-refractivity contribution in [3.05, 3.63) is 24.3 Å². The Bertz CT molecular complexity index is 587. The largest absolute Gasteiger partial charge is 0.372 e. The van der Waals surface area contributed by atoms with E-state index in [-0.39, 0.29) is 11.9 Å². The molecular formula is C20H31N4O+. The third kappa shape index (κ3) is 3.40. The van der Waals surface area contributed by atoms with Gasteiger partial charge in [-0.2, -0.15) is 0 Å². The molecular weight excluding hydrogens is 312 g/mol. The van der Waals surface area contributed by atoms with Gasteiger partial charge in [0.25, 0.3) is 5.91 Å². The first-order valence-electron chi connectivity index (χ1n) is 9.90. The van der Waals surface area contributed by atoms with Crippen molar-refractivity contribution in [1.29, 1.82) is 0 Å². The van der Waals surface area contributed by atoms with Gasteiger partial charge in [0.1, 0.15) is 0 Å². The van der Waals surface area contributed by atoms with Gasteiger partial charge in [-0.1, -0.05) is 0 Å². The molecule has 4 aliphatic heterocycles. The van der Waals surface area contributed by atoms with E-state index < -0.39 is 0 Å². The number of rotatable bonds is 4. The van der Waals surface area contributed by atoms with E-state index in [1.54, 1.807) is 0 Å². The Morgan fingerprint density at radius 3 is 2.16 bits per heavy atom. The summed E-state index contributed by atoms with van der Waals surface area (Å²) < 4.78 is 0.966. The minimum absolute atomic E-state index is 0.0317. The summed E-state index contributed by atoms with van der Waals surface area (Å²) in [7, 11) is 0. The highest BCUT2D eigenvalue weighted by molar-refractivity contribution is 5.94. The summed E-state index contributed by atoms with van der Waals surface area (Å²) in [5, 5.41) is 3.16. The molecule has 1 aromatic rings. The van der Waals surface area contributed by atoms with Crippen molar-refractivity contribution in [2.24, 2.45) is 0 Å². The van der Waals surface area contributed by atoms with Crippen molar-refractivity contribution >= 4 is 17.3 Å². The van der Waals surface area contributed by atoms with Crippen LogP contribution in [-0.2, 0) is 4.79 Å². The molecule has 0 saturated carbocycles.